The SMILES string of the molecule is CC(C)Oc1cccc2ccc(C(=N)n3cc(CN4CCC(CF)C4)ccc3=N)nc12. The van der Waals surface area contributed by atoms with Crippen molar-refractivity contribution in [1.29, 1.82) is 10.8 Å². The van der Waals surface area contributed by atoms with Gasteiger partial charge in [0.2, 0.25) is 0 Å². The molecule has 4 rings (SSSR count). The number of hydrogen-bond acceptors (Lipinski definition) is 5. The van der Waals surface area contributed by atoms with Crippen LogP contribution in [0.5, 0.6) is 5.75 Å². The van der Waals surface area contributed by atoms with Crippen molar-refractivity contribution in [2.45, 2.75) is 32.9 Å². The lowest BCUT2D eigenvalue weighted by molar-refractivity contribution is 0.245. The van der Waals surface area contributed by atoms with Gasteiger partial charge in [0.25, 0.3) is 0 Å². The zero-order valence-electron chi connectivity index (χ0n) is 17.9. The number of rotatable bonds is 6. The predicted octanol–water partition coefficient (Wildman–Crippen LogP) is 3.97. The molecule has 0 amide bonds. The van der Waals surface area contributed by atoms with Gasteiger partial charge in [0, 0.05) is 30.6 Å². The van der Waals surface area contributed by atoms with Crippen molar-refractivity contribution >= 4 is 16.7 Å². The number of halogens is 1. The van der Waals surface area contributed by atoms with Gasteiger partial charge in [-0.3, -0.25) is 24.7 Å². The quantitative estimate of drug-likeness (QED) is 0.467. The molecule has 2 N–H and O–H groups in total. The molecule has 31 heavy (non-hydrogen) atoms. The van der Waals surface area contributed by atoms with Crippen molar-refractivity contribution in [3.8, 4) is 5.75 Å². The van der Waals surface area contributed by atoms with Crippen LogP contribution in [-0.4, -0.2) is 46.2 Å². The second kappa shape index (κ2) is 8.98. The molecule has 162 valence electrons. The van der Waals surface area contributed by atoms with E-state index in [1.807, 2.05) is 50.4 Å². The van der Waals surface area contributed by atoms with Crippen molar-refractivity contribution in [3.05, 3.63) is 65.4 Å². The van der Waals surface area contributed by atoms with Gasteiger partial charge in [0.05, 0.1) is 12.8 Å². The normalized spacial score (nSPS) is 16.8. The Kier molecular flexibility index (Phi) is 6.13. The zero-order valence-corrected chi connectivity index (χ0v) is 17.9. The monoisotopic (exact) mass is 421 g/mol. The molecule has 1 fully saturated rings. The van der Waals surface area contributed by atoms with Crippen LogP contribution in [0.4, 0.5) is 4.39 Å². The molecule has 1 saturated heterocycles. The molecule has 0 radical (unpaired) electrons. The lowest BCUT2D eigenvalue weighted by atomic mass is 10.1. The maximum atomic E-state index is 12.9. The van der Waals surface area contributed by atoms with E-state index in [9.17, 15) is 4.39 Å². The molecule has 0 saturated carbocycles. The number of alkyl halides is 1. The Balaban J connectivity index is 1.63. The molecule has 1 unspecified atom stereocenters. The van der Waals surface area contributed by atoms with Crippen LogP contribution >= 0.6 is 0 Å². The fourth-order valence-electron chi connectivity index (χ4n) is 3.99. The summed E-state index contributed by atoms with van der Waals surface area (Å²) in [6.45, 7) is 5.97. The summed E-state index contributed by atoms with van der Waals surface area (Å²) in [6.07, 6.45) is 2.71. The zero-order chi connectivity index (χ0) is 22.0. The number of fused-ring (bicyclic) bond motifs is 1. The third kappa shape index (κ3) is 4.66. The van der Waals surface area contributed by atoms with E-state index in [1.54, 1.807) is 12.1 Å². The number of pyridine rings is 2. The second-order valence-electron chi connectivity index (χ2n) is 8.38. The third-order valence-corrected chi connectivity index (χ3v) is 5.53. The molecule has 1 aliphatic heterocycles. The molecule has 3 aromatic rings. The van der Waals surface area contributed by atoms with E-state index in [-0.39, 0.29) is 30.0 Å². The van der Waals surface area contributed by atoms with Crippen molar-refractivity contribution < 1.29 is 9.13 Å². The number of benzene rings is 1. The fraction of sp³-hybridized carbons (Fsp3) is 0.375. The van der Waals surface area contributed by atoms with Crippen molar-refractivity contribution in [2.75, 3.05) is 19.8 Å². The highest BCUT2D eigenvalue weighted by atomic mass is 19.1. The third-order valence-electron chi connectivity index (χ3n) is 5.53. The molecule has 3 heterocycles. The minimum absolute atomic E-state index is 0.0176. The molecule has 1 atom stereocenters. The Hall–Kier alpha value is -3.06. The van der Waals surface area contributed by atoms with Gasteiger partial charge >= 0.3 is 0 Å². The van der Waals surface area contributed by atoms with Gasteiger partial charge in [0.1, 0.15) is 22.4 Å². The lowest BCUT2D eigenvalue weighted by Gasteiger charge is -2.17. The van der Waals surface area contributed by atoms with E-state index >= 15 is 0 Å². The fourth-order valence-corrected chi connectivity index (χ4v) is 3.99. The van der Waals surface area contributed by atoms with E-state index in [0.717, 1.165) is 30.5 Å². The van der Waals surface area contributed by atoms with Crippen molar-refractivity contribution in [2.24, 2.45) is 5.92 Å². The molecule has 0 aliphatic carbocycles. The molecule has 0 spiro atoms. The summed E-state index contributed by atoms with van der Waals surface area (Å²) in [6, 6.07) is 13.1. The number of likely N-dealkylation sites (tertiary alicyclic amines) is 1. The summed E-state index contributed by atoms with van der Waals surface area (Å²) in [4.78, 5) is 6.92. The first kappa shape index (κ1) is 21.2. The van der Waals surface area contributed by atoms with Gasteiger partial charge < -0.3 is 4.74 Å². The average Bonchev–Trinajstić information content (AvgIpc) is 3.22. The highest BCUT2D eigenvalue weighted by molar-refractivity contribution is 5.98. The van der Waals surface area contributed by atoms with Gasteiger partial charge in [-0.15, -0.1) is 0 Å². The molecule has 7 heteroatoms. The van der Waals surface area contributed by atoms with E-state index in [4.69, 9.17) is 20.5 Å². The summed E-state index contributed by atoms with van der Waals surface area (Å²) >= 11 is 0. The Morgan fingerprint density at radius 2 is 2.06 bits per heavy atom. The van der Waals surface area contributed by atoms with Crippen molar-refractivity contribution in [3.63, 3.8) is 0 Å². The van der Waals surface area contributed by atoms with Crippen LogP contribution in [0.1, 0.15) is 31.5 Å². The van der Waals surface area contributed by atoms with Crippen LogP contribution < -0.4 is 10.2 Å². The largest absolute Gasteiger partial charge is 0.489 e. The van der Waals surface area contributed by atoms with Crippen LogP contribution in [-0.2, 0) is 6.54 Å². The number of para-hydroxylation sites is 1. The first-order chi connectivity index (χ1) is 14.9. The predicted molar refractivity (Wildman–Crippen MR) is 119 cm³/mol. The summed E-state index contributed by atoms with van der Waals surface area (Å²) in [5.41, 5.74) is 2.38. The highest BCUT2D eigenvalue weighted by Gasteiger charge is 2.22. The maximum absolute atomic E-state index is 12.9. The Morgan fingerprint density at radius 1 is 1.23 bits per heavy atom. The molecular formula is C24H28FN5O. The van der Waals surface area contributed by atoms with E-state index < -0.39 is 0 Å². The van der Waals surface area contributed by atoms with Gasteiger partial charge in [0.15, 0.2) is 5.84 Å². The minimum atomic E-state index is -0.275. The standard InChI is InChI=1S/C24H28FN5O/c1-16(2)31-21-5-3-4-19-7-8-20(28-23(19)21)24(27)30-15-18(6-9-22(30)26)14-29-11-10-17(12-25)13-29/h3-9,15-17,26-27H,10-14H2,1-2H3. The highest BCUT2D eigenvalue weighted by Crippen LogP contribution is 2.25. The molecule has 1 aliphatic rings. The minimum Gasteiger partial charge on any atom is -0.489 e. The van der Waals surface area contributed by atoms with E-state index in [1.165, 1.54) is 4.57 Å². The molecule has 1 aromatic carbocycles. The van der Waals surface area contributed by atoms with Crippen LogP contribution in [0.2, 0.25) is 0 Å². The maximum Gasteiger partial charge on any atom is 0.156 e. The molecule has 6 nitrogen and oxygen atoms in total. The summed E-state index contributed by atoms with van der Waals surface area (Å²) < 4.78 is 20.4. The molecular weight excluding hydrogens is 393 g/mol. The molecule has 0 bridgehead atoms. The Bertz CT molecular complexity index is 1160. The van der Waals surface area contributed by atoms with Gasteiger partial charge in [-0.1, -0.05) is 24.3 Å². The van der Waals surface area contributed by atoms with Gasteiger partial charge in [-0.2, -0.15) is 0 Å². The number of ether oxygens (including phenoxy) is 1. The smallest absolute Gasteiger partial charge is 0.156 e. The number of hydrogen-bond donors (Lipinski definition) is 2. The number of nitrogens with zero attached hydrogens (tertiary/aromatic N) is 3. The van der Waals surface area contributed by atoms with Crippen LogP contribution in [0.15, 0.2) is 48.7 Å². The number of aromatic nitrogens is 2. The summed E-state index contributed by atoms with van der Waals surface area (Å²) in [7, 11) is 0. The summed E-state index contributed by atoms with van der Waals surface area (Å²) in [5, 5.41) is 18.0. The average molecular weight is 422 g/mol. The Labute approximate surface area is 181 Å². The van der Waals surface area contributed by atoms with E-state index in [0.29, 0.717) is 23.5 Å². The molecule has 2 aromatic heterocycles. The van der Waals surface area contributed by atoms with Crippen LogP contribution in [0, 0.1) is 16.7 Å². The Morgan fingerprint density at radius 3 is 2.81 bits per heavy atom. The van der Waals surface area contributed by atoms with Gasteiger partial charge in [-0.05, 0) is 50.6 Å². The first-order valence-corrected chi connectivity index (χ1v) is 10.6. The topological polar surface area (TPSA) is 78.0 Å². The second-order valence-corrected chi connectivity index (χ2v) is 8.38. The van der Waals surface area contributed by atoms with E-state index in [2.05, 4.69) is 4.90 Å². The summed E-state index contributed by atoms with van der Waals surface area (Å²) in [5.74, 6) is 0.935. The first-order valence-electron chi connectivity index (χ1n) is 10.6. The number of nitrogens with one attached hydrogen (secondary N) is 2. The van der Waals surface area contributed by atoms with Crippen LogP contribution in [0.25, 0.3) is 10.9 Å². The lowest BCUT2D eigenvalue weighted by Crippen LogP contribution is -2.29. The van der Waals surface area contributed by atoms with Crippen molar-refractivity contribution in [1.82, 2.24) is 14.5 Å². The van der Waals surface area contributed by atoms with Crippen LogP contribution in [0.3, 0.4) is 0 Å². The van der Waals surface area contributed by atoms with Gasteiger partial charge in [-0.25, -0.2) is 4.98 Å².